The van der Waals surface area contributed by atoms with Crippen molar-refractivity contribution < 1.29 is 64.0 Å². The van der Waals surface area contributed by atoms with Gasteiger partial charge in [0.2, 0.25) is 0 Å². The molecule has 5 rings (SSSR count). The molecule has 0 aromatic heterocycles. The molecule has 1 amide bonds. The number of allylic oxidation sites excluding steroid dienone is 2. The topological polar surface area (TPSA) is 246 Å². The number of hydrogen-bond acceptors (Lipinski definition) is 15. The lowest BCUT2D eigenvalue weighted by Crippen LogP contribution is -2.46. The highest BCUT2D eigenvalue weighted by molar-refractivity contribution is 6.23. The van der Waals surface area contributed by atoms with Crippen molar-refractivity contribution in [1.82, 2.24) is 5.43 Å². The third-order valence-electron chi connectivity index (χ3n) is 10.5. The number of nitrogens with zero attached hydrogens (tertiary/aromatic N) is 1. The molecule has 5 bridgehead atoms. The van der Waals surface area contributed by atoms with Crippen molar-refractivity contribution in [1.29, 1.82) is 0 Å². The zero-order valence-corrected chi connectivity index (χ0v) is 33.0. The van der Waals surface area contributed by atoms with Crippen LogP contribution in [0.1, 0.15) is 70.0 Å². The predicted octanol–water partition coefficient (Wildman–Crippen LogP) is 3.67. The molecule has 56 heavy (non-hydrogen) atoms. The van der Waals surface area contributed by atoms with Crippen LogP contribution in [0.15, 0.2) is 41.2 Å². The summed E-state index contributed by atoms with van der Waals surface area (Å²) < 4.78 is 23.4. The number of aliphatic hydroxyl groups excluding tert-OH is 3. The molecular formula is C40H53N3O13. The zero-order chi connectivity index (χ0) is 41.8. The Hall–Kier alpha value is -5.16. The Kier molecular flexibility index (Phi) is 13.8. The van der Waals surface area contributed by atoms with Gasteiger partial charge in [-0.3, -0.25) is 14.4 Å². The Morgan fingerprint density at radius 2 is 1.68 bits per heavy atom. The third-order valence-corrected chi connectivity index (χ3v) is 10.5. The van der Waals surface area contributed by atoms with Gasteiger partial charge < -0.3 is 60.3 Å². The maximum absolute atomic E-state index is 14.3. The second-order valence-corrected chi connectivity index (χ2v) is 14.5. The molecule has 0 aliphatic carbocycles. The number of ether oxygens (including phenoxy) is 4. The Labute approximate surface area is 325 Å². The third kappa shape index (κ3) is 8.48. The average Bonchev–Trinajstić information content (AvgIpc) is 3.42. The first-order chi connectivity index (χ1) is 26.3. The zero-order valence-electron chi connectivity index (χ0n) is 33.0. The average molecular weight is 784 g/mol. The summed E-state index contributed by atoms with van der Waals surface area (Å²) >= 11 is 0. The second-order valence-electron chi connectivity index (χ2n) is 14.5. The number of carbonyl (C=O) groups excluding carboxylic acids is 3. The van der Waals surface area contributed by atoms with Crippen LogP contribution in [0.25, 0.3) is 10.8 Å². The van der Waals surface area contributed by atoms with Crippen LogP contribution in [0.4, 0.5) is 5.69 Å². The van der Waals surface area contributed by atoms with E-state index >= 15 is 0 Å². The first kappa shape index (κ1) is 43.6. The van der Waals surface area contributed by atoms with Crippen LogP contribution in [0, 0.1) is 30.6 Å². The van der Waals surface area contributed by atoms with E-state index in [1.54, 1.807) is 39.8 Å². The molecule has 8 N–H and O–H groups in total. The number of aliphatic hydroxyl groups is 3. The second kappa shape index (κ2) is 17.7. The number of phenolic OH excluding ortho intramolecular Hbond substituents is 3. The summed E-state index contributed by atoms with van der Waals surface area (Å²) in [6.07, 6.45) is 4.42. The van der Waals surface area contributed by atoms with Gasteiger partial charge in [-0.15, -0.1) is 0 Å². The Bertz CT molecular complexity index is 1960. The van der Waals surface area contributed by atoms with Crippen LogP contribution in [0.5, 0.6) is 23.0 Å². The van der Waals surface area contributed by atoms with E-state index in [1.165, 1.54) is 53.2 Å². The molecule has 0 unspecified atom stereocenters. The normalized spacial score (nSPS) is 31.0. The van der Waals surface area contributed by atoms with E-state index in [2.05, 4.69) is 15.8 Å². The molecule has 9 atom stereocenters. The Balaban J connectivity index is 1.97. The molecule has 0 fully saturated rings. The summed E-state index contributed by atoms with van der Waals surface area (Å²) in [7, 11) is 1.42. The number of esters is 1. The Morgan fingerprint density at radius 3 is 2.30 bits per heavy atom. The van der Waals surface area contributed by atoms with Gasteiger partial charge in [0.05, 0.1) is 66.1 Å². The molecule has 3 heterocycles. The van der Waals surface area contributed by atoms with Gasteiger partial charge in [0.25, 0.3) is 11.7 Å². The van der Waals surface area contributed by atoms with Crippen LogP contribution < -0.4 is 15.5 Å². The number of hydrogen-bond donors (Lipinski definition) is 8. The van der Waals surface area contributed by atoms with Crippen LogP contribution >= 0.6 is 0 Å². The highest BCUT2D eigenvalue weighted by Crippen LogP contribution is 2.55. The minimum atomic E-state index is -2.07. The number of ketones is 1. The number of amides is 1. The van der Waals surface area contributed by atoms with Crippen molar-refractivity contribution in [3.05, 3.63) is 52.8 Å². The SMILES string of the molecule is CO[C@H]1/C=C/O[C@@]2(C)Oc3c(C)c(O)c4c(O)c(c(C=NNCCO)c(O)c4c3C2=O)NC(=O)/C(C)=C\C=C\[C@H](C)[C@H](O)[C@@H](C)[C@@H](O)[C@H](C)[C@H](OC(C)=O)[C@H]1C. The monoisotopic (exact) mass is 783 g/mol. The number of carbonyl (C=O) groups is 3. The van der Waals surface area contributed by atoms with Crippen molar-refractivity contribution in [2.24, 2.45) is 28.8 Å². The van der Waals surface area contributed by atoms with Crippen LogP contribution in [-0.2, 0) is 23.8 Å². The van der Waals surface area contributed by atoms with Gasteiger partial charge in [-0.2, -0.15) is 5.10 Å². The molecule has 16 nitrogen and oxygen atoms in total. The lowest BCUT2D eigenvalue weighted by molar-refractivity contribution is -0.160. The van der Waals surface area contributed by atoms with Crippen molar-refractivity contribution in [3.8, 4) is 23.0 Å². The maximum Gasteiger partial charge on any atom is 0.312 e. The van der Waals surface area contributed by atoms with Crippen LogP contribution in [0.3, 0.4) is 0 Å². The van der Waals surface area contributed by atoms with Gasteiger partial charge in [-0.1, -0.05) is 45.9 Å². The van der Waals surface area contributed by atoms with E-state index in [1.807, 2.05) is 0 Å². The number of nitrogens with one attached hydrogen (secondary N) is 2. The fraction of sp³-hybridized carbons (Fsp3) is 0.500. The van der Waals surface area contributed by atoms with E-state index < -0.39 is 88.8 Å². The highest BCUT2D eigenvalue weighted by Gasteiger charge is 2.50. The number of hydrazone groups is 1. The quantitative estimate of drug-likeness (QED) is 0.0521. The smallest absolute Gasteiger partial charge is 0.312 e. The van der Waals surface area contributed by atoms with Gasteiger partial charge >= 0.3 is 11.8 Å². The van der Waals surface area contributed by atoms with E-state index in [0.717, 1.165) is 6.21 Å². The van der Waals surface area contributed by atoms with Crippen molar-refractivity contribution in [2.45, 2.75) is 85.6 Å². The fourth-order valence-electron chi connectivity index (χ4n) is 7.10. The van der Waals surface area contributed by atoms with Gasteiger partial charge in [0.1, 0.15) is 23.4 Å². The molecule has 0 radical (unpaired) electrons. The summed E-state index contributed by atoms with van der Waals surface area (Å²) in [5, 5.41) is 72.8. The summed E-state index contributed by atoms with van der Waals surface area (Å²) in [5.41, 5.74) is 1.87. The van der Waals surface area contributed by atoms with E-state index in [0.29, 0.717) is 0 Å². The van der Waals surface area contributed by atoms with Crippen molar-refractivity contribution in [3.63, 3.8) is 0 Å². The van der Waals surface area contributed by atoms with Crippen LogP contribution in [0.2, 0.25) is 0 Å². The molecule has 0 saturated carbocycles. The van der Waals surface area contributed by atoms with Gasteiger partial charge in [0, 0.05) is 61.2 Å². The largest absolute Gasteiger partial charge is 0.507 e. The maximum atomic E-state index is 14.3. The fourth-order valence-corrected chi connectivity index (χ4v) is 7.10. The first-order valence-electron chi connectivity index (χ1n) is 18.3. The van der Waals surface area contributed by atoms with E-state index in [4.69, 9.17) is 18.9 Å². The Morgan fingerprint density at radius 1 is 1.00 bits per heavy atom. The summed E-state index contributed by atoms with van der Waals surface area (Å²) in [5.74, 6) is -8.76. The number of fused-ring (bicyclic) bond motifs is 14. The lowest BCUT2D eigenvalue weighted by atomic mass is 9.78. The molecule has 3 aliphatic rings. The summed E-state index contributed by atoms with van der Waals surface area (Å²) in [6.45, 7) is 12.1. The van der Waals surface area contributed by atoms with Gasteiger partial charge in [0.15, 0.2) is 5.75 Å². The number of anilines is 1. The van der Waals surface area contributed by atoms with E-state index in [-0.39, 0.29) is 57.6 Å². The minimum Gasteiger partial charge on any atom is -0.507 e. The molecule has 3 aliphatic heterocycles. The molecule has 2 aromatic carbocycles. The van der Waals surface area contributed by atoms with Gasteiger partial charge in [-0.25, -0.2) is 0 Å². The molecule has 2 aromatic rings. The number of Topliss-reactive ketones (excluding diaryl/α,β-unsaturated/α-hetero) is 1. The van der Waals surface area contributed by atoms with Crippen LogP contribution in [-0.4, -0.2) is 105 Å². The van der Waals surface area contributed by atoms with Crippen molar-refractivity contribution >= 4 is 40.3 Å². The molecule has 306 valence electrons. The minimum absolute atomic E-state index is 0.0209. The lowest BCUT2D eigenvalue weighted by Gasteiger charge is -2.38. The summed E-state index contributed by atoms with van der Waals surface area (Å²) in [4.78, 5) is 40.1. The molecule has 0 saturated heterocycles. The molecule has 16 heteroatoms. The van der Waals surface area contributed by atoms with Crippen molar-refractivity contribution in [2.75, 3.05) is 25.6 Å². The number of phenols is 3. The number of benzene rings is 2. The molecule has 0 spiro atoms. The highest BCUT2D eigenvalue weighted by atomic mass is 16.7. The number of methoxy groups -OCH3 is 1. The van der Waals surface area contributed by atoms with E-state index in [9.17, 15) is 45.0 Å². The number of aromatic hydroxyl groups is 3. The first-order valence-corrected chi connectivity index (χ1v) is 18.3. The summed E-state index contributed by atoms with van der Waals surface area (Å²) in [6, 6.07) is 0. The number of rotatable bonds is 6. The predicted molar refractivity (Wildman–Crippen MR) is 206 cm³/mol. The van der Waals surface area contributed by atoms with Gasteiger partial charge in [-0.05, 0) is 19.9 Å². The standard InChI is InChI=1S/C40H53N3O13/c1-18-11-10-12-19(2)39(52)43-30-25(17-42-41-14-15-44)34(49)27-28(35(30)50)33(48)23(6)37-29(27)38(51)40(8,56-37)54-16-13-26(53-9)20(3)36(55-24(7)45)22(5)32(47)21(4)31(18)46/h10-13,16-18,20-22,26,31-32,36,41,44,46-50H,14-15H2,1-9H3,(H,43,52)/b11-10+,16-13+,19-12-,42-17?/t18-,20-,21+,22-,26-,31-,32+,36+,40-/m0/s1. The molecular weight excluding hydrogens is 730 g/mol.